The molecule has 0 bridgehead atoms. The number of carbonyl (C=O) groups is 2. The quantitative estimate of drug-likeness (QED) is 0.642. The number of primary amides is 1. The molecule has 0 radical (unpaired) electrons. The normalized spacial score (nSPS) is 12.4. The molecule has 2 heterocycles. The first-order valence-electron chi connectivity index (χ1n) is 9.57. The number of benzene rings is 2. The van der Waals surface area contributed by atoms with Crippen molar-refractivity contribution in [2.75, 3.05) is 11.9 Å². The lowest BCUT2D eigenvalue weighted by Gasteiger charge is -2.30. The Bertz CT molecular complexity index is 1250. The number of nitriles is 1. The van der Waals surface area contributed by atoms with Crippen molar-refractivity contribution >= 4 is 23.3 Å². The number of fused-ring (bicyclic) bond motifs is 1. The second-order valence-electron chi connectivity index (χ2n) is 7.05. The number of aromatic nitrogens is 1. The third-order valence-electron chi connectivity index (χ3n) is 5.25. The maximum Gasteiger partial charge on any atom is 0.322 e. The van der Waals surface area contributed by atoms with Crippen LogP contribution in [-0.4, -0.2) is 28.0 Å². The van der Waals surface area contributed by atoms with Crippen LogP contribution in [0.15, 0.2) is 54.6 Å². The average molecular weight is 410 g/mol. The van der Waals surface area contributed by atoms with Gasteiger partial charge in [-0.1, -0.05) is 42.5 Å². The van der Waals surface area contributed by atoms with Crippen molar-refractivity contribution in [3.8, 4) is 17.3 Å². The van der Waals surface area contributed by atoms with Crippen LogP contribution in [0.2, 0.25) is 0 Å². The topological polar surface area (TPSA) is 109 Å². The van der Waals surface area contributed by atoms with E-state index in [-0.39, 0.29) is 23.7 Å². The van der Waals surface area contributed by atoms with Crippen LogP contribution in [-0.2, 0) is 13.1 Å². The van der Waals surface area contributed by atoms with Crippen LogP contribution in [0.5, 0.6) is 0 Å². The average Bonchev–Trinajstić information content (AvgIpc) is 3.14. The van der Waals surface area contributed by atoms with Gasteiger partial charge in [0.15, 0.2) is 5.69 Å². The van der Waals surface area contributed by atoms with E-state index >= 15 is 0 Å². The zero-order valence-electron chi connectivity index (χ0n) is 16.5. The summed E-state index contributed by atoms with van der Waals surface area (Å²) < 4.78 is 1.91. The summed E-state index contributed by atoms with van der Waals surface area (Å²) >= 11 is 0. The third-order valence-corrected chi connectivity index (χ3v) is 5.25. The molecule has 0 spiro atoms. The highest BCUT2D eigenvalue weighted by molar-refractivity contribution is 6.00. The van der Waals surface area contributed by atoms with Gasteiger partial charge in [0.2, 0.25) is 0 Å². The van der Waals surface area contributed by atoms with Crippen LogP contribution in [0.25, 0.3) is 16.1 Å². The largest absolute Gasteiger partial charge is 0.366 e. The number of anilines is 1. The van der Waals surface area contributed by atoms with E-state index in [4.69, 9.17) is 12.3 Å². The fourth-order valence-corrected chi connectivity index (χ4v) is 3.82. The maximum atomic E-state index is 12.8. The zero-order valence-corrected chi connectivity index (χ0v) is 16.5. The number of nitrogens with two attached hydrogens (primary N) is 1. The summed E-state index contributed by atoms with van der Waals surface area (Å²) in [6.07, 6.45) is 0. The van der Waals surface area contributed by atoms with Crippen molar-refractivity contribution in [2.24, 2.45) is 5.73 Å². The molecule has 3 amide bonds. The molecule has 0 aliphatic carbocycles. The molecule has 2 aromatic carbocycles. The lowest BCUT2D eigenvalue weighted by molar-refractivity contribution is 0.0997. The molecule has 3 N–H and O–H groups in total. The second-order valence-corrected chi connectivity index (χ2v) is 7.05. The first-order chi connectivity index (χ1) is 15.0. The molecule has 0 saturated carbocycles. The van der Waals surface area contributed by atoms with Crippen molar-refractivity contribution in [1.29, 1.82) is 5.26 Å². The molecule has 8 heteroatoms. The molecule has 3 aromatic rings. The molecule has 0 unspecified atom stereocenters. The number of amides is 3. The summed E-state index contributed by atoms with van der Waals surface area (Å²) in [5.74, 6) is -0.695. The van der Waals surface area contributed by atoms with Crippen LogP contribution in [0.4, 0.5) is 16.2 Å². The van der Waals surface area contributed by atoms with E-state index in [9.17, 15) is 14.9 Å². The van der Waals surface area contributed by atoms with Gasteiger partial charge in [0, 0.05) is 18.8 Å². The fraction of sp³-hybridized carbons (Fsp3) is 0.130. The van der Waals surface area contributed by atoms with Gasteiger partial charge in [-0.2, -0.15) is 5.26 Å². The van der Waals surface area contributed by atoms with Gasteiger partial charge < -0.3 is 20.5 Å². The molecule has 1 aliphatic heterocycles. The number of nitrogens with one attached hydrogen (secondary N) is 1. The van der Waals surface area contributed by atoms with Crippen LogP contribution < -0.4 is 11.1 Å². The lowest BCUT2D eigenvalue weighted by Crippen LogP contribution is -2.41. The molecule has 1 aromatic heterocycles. The summed E-state index contributed by atoms with van der Waals surface area (Å²) in [6.45, 7) is 7.97. The highest BCUT2D eigenvalue weighted by Gasteiger charge is 2.32. The molecular formula is C23H18N6O2. The highest BCUT2D eigenvalue weighted by atomic mass is 16.2. The number of nitrogens with zero attached hydrogens (tertiary/aromatic N) is 4. The minimum atomic E-state index is -0.695. The third kappa shape index (κ3) is 3.59. The van der Waals surface area contributed by atoms with E-state index in [1.54, 1.807) is 29.2 Å². The molecule has 0 saturated heterocycles. The first-order valence-corrected chi connectivity index (χ1v) is 9.57. The molecule has 31 heavy (non-hydrogen) atoms. The van der Waals surface area contributed by atoms with Gasteiger partial charge in [0.1, 0.15) is 6.07 Å². The Morgan fingerprint density at radius 2 is 1.81 bits per heavy atom. The van der Waals surface area contributed by atoms with E-state index in [0.717, 1.165) is 5.56 Å². The summed E-state index contributed by atoms with van der Waals surface area (Å²) in [5.41, 5.74) is 9.06. The fourth-order valence-electron chi connectivity index (χ4n) is 3.82. The number of carbonyl (C=O) groups excluding carboxylic acids is 2. The molecule has 1 aliphatic rings. The molecule has 0 atom stereocenters. The van der Waals surface area contributed by atoms with Gasteiger partial charge in [-0.25, -0.2) is 9.64 Å². The molecule has 4 rings (SSSR count). The monoisotopic (exact) mass is 410 g/mol. The van der Waals surface area contributed by atoms with E-state index < -0.39 is 5.91 Å². The minimum Gasteiger partial charge on any atom is -0.366 e. The Hall–Kier alpha value is -4.56. The summed E-state index contributed by atoms with van der Waals surface area (Å²) in [7, 11) is 0. The van der Waals surface area contributed by atoms with E-state index in [2.05, 4.69) is 16.2 Å². The van der Waals surface area contributed by atoms with Gasteiger partial charge in [-0.05, 0) is 17.7 Å². The summed E-state index contributed by atoms with van der Waals surface area (Å²) in [6, 6.07) is 17.7. The van der Waals surface area contributed by atoms with Crippen LogP contribution >= 0.6 is 0 Å². The van der Waals surface area contributed by atoms with Crippen molar-refractivity contribution in [2.45, 2.75) is 13.1 Å². The Morgan fingerprint density at radius 3 is 2.42 bits per heavy atom. The number of hydrogen-bond acceptors (Lipinski definition) is 3. The van der Waals surface area contributed by atoms with Crippen molar-refractivity contribution in [3.05, 3.63) is 82.8 Å². The van der Waals surface area contributed by atoms with Crippen LogP contribution in [0.1, 0.15) is 21.6 Å². The second kappa shape index (κ2) is 8.05. The number of urea groups is 1. The Kier molecular flexibility index (Phi) is 5.13. The molecular weight excluding hydrogens is 392 g/mol. The smallest absolute Gasteiger partial charge is 0.322 e. The first kappa shape index (κ1) is 19.7. The van der Waals surface area contributed by atoms with E-state index in [0.29, 0.717) is 35.9 Å². The minimum absolute atomic E-state index is 0.145. The summed E-state index contributed by atoms with van der Waals surface area (Å²) in [4.78, 5) is 29.9. The number of hydrogen-bond donors (Lipinski definition) is 2. The predicted molar refractivity (Wildman–Crippen MR) is 115 cm³/mol. The Balaban J connectivity index is 1.68. The Labute approximate surface area is 178 Å². The predicted octanol–water partition coefficient (Wildman–Crippen LogP) is 3.72. The SMILES string of the molecule is [C-]#[N+]c1ccc(NC(=O)N2CCn3c(c(C(N)=O)c(C#N)c3-c3ccccc3)C2)cc1. The summed E-state index contributed by atoms with van der Waals surface area (Å²) in [5, 5.41) is 12.6. The molecule has 0 fully saturated rings. The van der Waals surface area contributed by atoms with Gasteiger partial charge in [0.05, 0.1) is 35.6 Å². The van der Waals surface area contributed by atoms with Gasteiger partial charge in [0.25, 0.3) is 5.91 Å². The van der Waals surface area contributed by atoms with E-state index in [1.807, 2.05) is 34.9 Å². The lowest BCUT2D eigenvalue weighted by atomic mass is 10.0. The van der Waals surface area contributed by atoms with Gasteiger partial charge >= 0.3 is 6.03 Å². The molecule has 8 nitrogen and oxygen atoms in total. The van der Waals surface area contributed by atoms with Crippen LogP contribution in [0.3, 0.4) is 0 Å². The van der Waals surface area contributed by atoms with Gasteiger partial charge in [-0.3, -0.25) is 4.79 Å². The standard InChI is InChI=1S/C23H18N6O2/c1-26-16-7-9-17(10-8-16)27-23(31)28-11-12-29-19(14-28)20(22(25)30)18(13-24)21(29)15-5-3-2-4-6-15/h2-10H,11-12,14H2,(H2,25,30)(H,27,31). The highest BCUT2D eigenvalue weighted by Crippen LogP contribution is 2.34. The van der Waals surface area contributed by atoms with Crippen molar-refractivity contribution < 1.29 is 9.59 Å². The van der Waals surface area contributed by atoms with E-state index in [1.165, 1.54) is 0 Å². The van der Waals surface area contributed by atoms with Crippen molar-refractivity contribution in [3.63, 3.8) is 0 Å². The molecule has 152 valence electrons. The maximum absolute atomic E-state index is 12.8. The van der Waals surface area contributed by atoms with Crippen LogP contribution in [0, 0.1) is 17.9 Å². The Morgan fingerprint density at radius 1 is 1.10 bits per heavy atom. The van der Waals surface area contributed by atoms with Gasteiger partial charge in [-0.15, -0.1) is 0 Å². The van der Waals surface area contributed by atoms with Crippen molar-refractivity contribution in [1.82, 2.24) is 9.47 Å². The number of rotatable bonds is 3. The zero-order chi connectivity index (χ0) is 22.0.